The third-order valence-electron chi connectivity index (χ3n) is 3.74. The lowest BCUT2D eigenvalue weighted by molar-refractivity contribution is 0.139. The molecule has 3 atom stereocenters. The zero-order chi connectivity index (χ0) is 14.0. The topological polar surface area (TPSA) is 32.5 Å². The van der Waals surface area contributed by atoms with Gasteiger partial charge in [0, 0.05) is 23.5 Å². The standard InChI is InChI=1S/C14H24ClN3S/c1-10(16)14(12-6-7-13(15)19-12)18-8-4-5-11(18)9-17(2)3/h6-7,10-11,14H,4-5,8-9,16H2,1-3H3. The molecule has 0 saturated carbocycles. The van der Waals surface area contributed by atoms with Gasteiger partial charge in [0.1, 0.15) is 0 Å². The lowest BCUT2D eigenvalue weighted by Gasteiger charge is -2.36. The van der Waals surface area contributed by atoms with Gasteiger partial charge in [-0.25, -0.2) is 0 Å². The molecule has 2 rings (SSSR count). The molecule has 3 nitrogen and oxygen atoms in total. The molecule has 0 aromatic carbocycles. The first-order chi connectivity index (χ1) is 8.99. The number of nitrogens with two attached hydrogens (primary N) is 1. The number of nitrogens with zero attached hydrogens (tertiary/aromatic N) is 2. The van der Waals surface area contributed by atoms with Gasteiger partial charge in [-0.05, 0) is 52.5 Å². The molecule has 1 aliphatic rings. The number of thiophene rings is 1. The monoisotopic (exact) mass is 301 g/mol. The SMILES string of the molecule is CC(N)C(c1ccc(Cl)s1)N1CCCC1CN(C)C. The first-order valence-electron chi connectivity index (χ1n) is 6.90. The molecule has 19 heavy (non-hydrogen) atoms. The van der Waals surface area contributed by atoms with E-state index >= 15 is 0 Å². The number of halogens is 1. The van der Waals surface area contributed by atoms with Crippen molar-refractivity contribution in [2.75, 3.05) is 27.2 Å². The van der Waals surface area contributed by atoms with Crippen molar-refractivity contribution in [3.05, 3.63) is 21.3 Å². The summed E-state index contributed by atoms with van der Waals surface area (Å²) in [5.74, 6) is 0. The van der Waals surface area contributed by atoms with Crippen LogP contribution in [-0.4, -0.2) is 49.1 Å². The minimum absolute atomic E-state index is 0.123. The van der Waals surface area contributed by atoms with Crippen molar-refractivity contribution in [2.45, 2.75) is 37.9 Å². The quantitative estimate of drug-likeness (QED) is 0.908. The molecular formula is C14H24ClN3S. The van der Waals surface area contributed by atoms with E-state index in [0.717, 1.165) is 17.4 Å². The molecule has 0 amide bonds. The summed E-state index contributed by atoms with van der Waals surface area (Å²) in [7, 11) is 4.28. The molecule has 108 valence electrons. The largest absolute Gasteiger partial charge is 0.326 e. The third kappa shape index (κ3) is 3.70. The highest BCUT2D eigenvalue weighted by atomic mass is 35.5. The van der Waals surface area contributed by atoms with E-state index in [4.69, 9.17) is 17.3 Å². The van der Waals surface area contributed by atoms with Crippen LogP contribution in [0.3, 0.4) is 0 Å². The number of rotatable bonds is 5. The fraction of sp³-hybridized carbons (Fsp3) is 0.714. The Labute approximate surface area is 125 Å². The van der Waals surface area contributed by atoms with Crippen LogP contribution < -0.4 is 5.73 Å². The molecule has 0 radical (unpaired) electrons. The molecule has 1 fully saturated rings. The van der Waals surface area contributed by atoms with Gasteiger partial charge >= 0.3 is 0 Å². The molecule has 1 aliphatic heterocycles. The number of hydrogen-bond donors (Lipinski definition) is 1. The lowest BCUT2D eigenvalue weighted by Crippen LogP contribution is -2.45. The van der Waals surface area contributed by atoms with Gasteiger partial charge in [0.25, 0.3) is 0 Å². The minimum Gasteiger partial charge on any atom is -0.326 e. The van der Waals surface area contributed by atoms with Crippen molar-refractivity contribution >= 4 is 22.9 Å². The molecule has 2 heterocycles. The van der Waals surface area contributed by atoms with Gasteiger partial charge in [-0.15, -0.1) is 11.3 Å². The summed E-state index contributed by atoms with van der Waals surface area (Å²) < 4.78 is 0.851. The van der Waals surface area contributed by atoms with Gasteiger partial charge in [0.15, 0.2) is 0 Å². The molecule has 1 aromatic rings. The summed E-state index contributed by atoms with van der Waals surface area (Å²) in [6.45, 7) is 4.34. The fourth-order valence-electron chi connectivity index (χ4n) is 3.05. The summed E-state index contributed by atoms with van der Waals surface area (Å²) in [6, 6.07) is 5.13. The highest BCUT2D eigenvalue weighted by Crippen LogP contribution is 2.36. The van der Waals surface area contributed by atoms with Crippen molar-refractivity contribution in [1.82, 2.24) is 9.80 Å². The Morgan fingerprint density at radius 2 is 2.26 bits per heavy atom. The van der Waals surface area contributed by atoms with Gasteiger partial charge in [0.2, 0.25) is 0 Å². The van der Waals surface area contributed by atoms with Crippen LogP contribution in [0.2, 0.25) is 4.34 Å². The fourth-order valence-corrected chi connectivity index (χ4v) is 4.35. The summed E-state index contributed by atoms with van der Waals surface area (Å²) >= 11 is 7.75. The molecule has 0 bridgehead atoms. The summed E-state index contributed by atoms with van der Waals surface area (Å²) in [6.07, 6.45) is 2.53. The van der Waals surface area contributed by atoms with E-state index in [1.54, 1.807) is 11.3 Å². The van der Waals surface area contributed by atoms with E-state index in [-0.39, 0.29) is 6.04 Å². The average Bonchev–Trinajstić information content (AvgIpc) is 2.89. The summed E-state index contributed by atoms with van der Waals surface area (Å²) in [4.78, 5) is 6.14. The van der Waals surface area contributed by atoms with E-state index in [0.29, 0.717) is 12.1 Å². The van der Waals surface area contributed by atoms with Gasteiger partial charge in [-0.3, -0.25) is 4.90 Å². The van der Waals surface area contributed by atoms with Crippen molar-refractivity contribution in [2.24, 2.45) is 5.73 Å². The predicted molar refractivity (Wildman–Crippen MR) is 84.0 cm³/mol. The van der Waals surface area contributed by atoms with Crippen LogP contribution in [0.4, 0.5) is 0 Å². The molecule has 0 aliphatic carbocycles. The maximum absolute atomic E-state index is 6.26. The van der Waals surface area contributed by atoms with Crippen LogP contribution in [0.25, 0.3) is 0 Å². The molecule has 0 spiro atoms. The normalized spacial score (nSPS) is 24.0. The second-order valence-corrected chi connectivity index (χ2v) is 7.49. The molecule has 3 unspecified atom stereocenters. The Kier molecular flexibility index (Phi) is 5.26. The Hall–Kier alpha value is -0.130. The van der Waals surface area contributed by atoms with Crippen LogP contribution in [0.15, 0.2) is 12.1 Å². The average molecular weight is 302 g/mol. The van der Waals surface area contributed by atoms with E-state index < -0.39 is 0 Å². The Balaban J connectivity index is 2.18. The van der Waals surface area contributed by atoms with E-state index in [2.05, 4.69) is 36.9 Å². The molecule has 2 N–H and O–H groups in total. The van der Waals surface area contributed by atoms with Crippen LogP contribution in [0.5, 0.6) is 0 Å². The van der Waals surface area contributed by atoms with Gasteiger partial charge in [-0.2, -0.15) is 0 Å². The van der Waals surface area contributed by atoms with E-state index in [1.165, 1.54) is 17.7 Å². The van der Waals surface area contributed by atoms with Crippen LogP contribution >= 0.6 is 22.9 Å². The van der Waals surface area contributed by atoms with Crippen molar-refractivity contribution in [3.63, 3.8) is 0 Å². The number of hydrogen-bond acceptors (Lipinski definition) is 4. The van der Waals surface area contributed by atoms with Crippen LogP contribution in [-0.2, 0) is 0 Å². The Morgan fingerprint density at radius 3 is 2.79 bits per heavy atom. The number of likely N-dealkylation sites (tertiary alicyclic amines) is 1. The van der Waals surface area contributed by atoms with Gasteiger partial charge in [0.05, 0.1) is 10.4 Å². The summed E-state index contributed by atoms with van der Waals surface area (Å²) in [5.41, 5.74) is 6.26. The second kappa shape index (κ2) is 6.55. The van der Waals surface area contributed by atoms with Crippen LogP contribution in [0, 0.1) is 0 Å². The maximum atomic E-state index is 6.26. The first kappa shape index (κ1) is 15.3. The molecule has 5 heteroatoms. The lowest BCUT2D eigenvalue weighted by atomic mass is 10.1. The van der Waals surface area contributed by atoms with Crippen molar-refractivity contribution in [3.8, 4) is 0 Å². The highest BCUT2D eigenvalue weighted by molar-refractivity contribution is 7.16. The Morgan fingerprint density at radius 1 is 1.53 bits per heavy atom. The number of likely N-dealkylation sites (N-methyl/N-ethyl adjacent to an activating group) is 1. The Bertz CT molecular complexity index is 405. The zero-order valence-electron chi connectivity index (χ0n) is 12.0. The minimum atomic E-state index is 0.123. The third-order valence-corrected chi connectivity index (χ3v) is 5.04. The van der Waals surface area contributed by atoms with Gasteiger partial charge in [-0.1, -0.05) is 11.6 Å². The smallest absolute Gasteiger partial charge is 0.0931 e. The summed E-state index contributed by atoms with van der Waals surface area (Å²) in [5, 5.41) is 0. The second-order valence-electron chi connectivity index (χ2n) is 5.74. The predicted octanol–water partition coefficient (Wildman–Crippen LogP) is 2.82. The van der Waals surface area contributed by atoms with E-state index in [9.17, 15) is 0 Å². The highest BCUT2D eigenvalue weighted by Gasteiger charge is 2.34. The zero-order valence-corrected chi connectivity index (χ0v) is 13.5. The van der Waals surface area contributed by atoms with E-state index in [1.807, 2.05) is 6.07 Å². The first-order valence-corrected chi connectivity index (χ1v) is 8.09. The molecular weight excluding hydrogens is 278 g/mol. The van der Waals surface area contributed by atoms with Gasteiger partial charge < -0.3 is 10.6 Å². The molecule has 1 saturated heterocycles. The van der Waals surface area contributed by atoms with Crippen LogP contribution in [0.1, 0.15) is 30.7 Å². The van der Waals surface area contributed by atoms with Crippen molar-refractivity contribution in [1.29, 1.82) is 0 Å². The molecule has 1 aromatic heterocycles. The maximum Gasteiger partial charge on any atom is 0.0931 e. The van der Waals surface area contributed by atoms with Crippen molar-refractivity contribution < 1.29 is 0 Å².